The maximum absolute atomic E-state index is 12.3. The zero-order chi connectivity index (χ0) is 16.5. The molecule has 0 unspecified atom stereocenters. The van der Waals surface area contributed by atoms with Crippen LogP contribution in [0.4, 0.5) is 0 Å². The minimum absolute atomic E-state index is 0.227. The highest BCUT2D eigenvalue weighted by atomic mass is 16.5. The summed E-state index contributed by atoms with van der Waals surface area (Å²) in [6.07, 6.45) is 4.29. The highest BCUT2D eigenvalue weighted by molar-refractivity contribution is 6.04. The van der Waals surface area contributed by atoms with Crippen LogP contribution in [0.2, 0.25) is 0 Å². The minimum Gasteiger partial charge on any atom is -0.465 e. The van der Waals surface area contributed by atoms with E-state index in [0.717, 1.165) is 17.5 Å². The van der Waals surface area contributed by atoms with Crippen molar-refractivity contribution in [3.05, 3.63) is 65.5 Å². The summed E-state index contributed by atoms with van der Waals surface area (Å²) in [7, 11) is 0. The van der Waals surface area contributed by atoms with Crippen molar-refractivity contribution in [3.8, 4) is 0 Å². The molecule has 0 fully saturated rings. The quantitative estimate of drug-likeness (QED) is 0.681. The molecule has 1 amide bonds. The summed E-state index contributed by atoms with van der Waals surface area (Å²) >= 11 is 0. The van der Waals surface area contributed by atoms with Crippen LogP contribution in [0.3, 0.4) is 0 Å². The van der Waals surface area contributed by atoms with Gasteiger partial charge in [0.25, 0.3) is 11.9 Å². The predicted molar refractivity (Wildman–Crippen MR) is 90.3 cm³/mol. The highest BCUT2D eigenvalue weighted by Crippen LogP contribution is 2.04. The Balaban J connectivity index is 2.07. The first-order chi connectivity index (χ1) is 11.2. The number of hydrogen-bond donors (Lipinski definition) is 1. The second-order valence-electron chi connectivity index (χ2n) is 5.15. The van der Waals surface area contributed by atoms with Gasteiger partial charge in [0.05, 0.1) is 13.2 Å². The van der Waals surface area contributed by atoms with Gasteiger partial charge in [0, 0.05) is 18.0 Å². The van der Waals surface area contributed by atoms with Crippen molar-refractivity contribution in [1.82, 2.24) is 10.3 Å². The molecule has 1 aromatic heterocycles. The molecule has 2 rings (SSSR count). The zero-order valence-electron chi connectivity index (χ0n) is 13.5. The van der Waals surface area contributed by atoms with Gasteiger partial charge in [-0.2, -0.15) is 0 Å². The fraction of sp³-hybridized carbons (Fsp3) is 0.278. The Kier molecular flexibility index (Phi) is 6.29. The molecule has 23 heavy (non-hydrogen) atoms. The number of carbonyl (C=O) groups is 1. The number of aliphatic imine (C=N–C) groups is 1. The maximum atomic E-state index is 12.3. The van der Waals surface area contributed by atoms with Crippen molar-refractivity contribution in [1.29, 1.82) is 0 Å². The Morgan fingerprint density at radius 1 is 1.30 bits per heavy atom. The smallest absolute Gasteiger partial charge is 0.292 e. The van der Waals surface area contributed by atoms with Crippen LogP contribution in [0.15, 0.2) is 53.8 Å². The molecule has 5 nitrogen and oxygen atoms in total. The summed E-state index contributed by atoms with van der Waals surface area (Å²) in [5.74, 6) is -0.227. The largest absolute Gasteiger partial charge is 0.465 e. The lowest BCUT2D eigenvalue weighted by molar-refractivity contribution is 0.0965. The van der Waals surface area contributed by atoms with E-state index in [-0.39, 0.29) is 11.9 Å². The van der Waals surface area contributed by atoms with Gasteiger partial charge in [0.1, 0.15) is 0 Å². The van der Waals surface area contributed by atoms with Crippen LogP contribution in [0.25, 0.3) is 0 Å². The summed E-state index contributed by atoms with van der Waals surface area (Å²) in [5.41, 5.74) is 2.56. The number of amides is 1. The number of benzene rings is 1. The van der Waals surface area contributed by atoms with Crippen LogP contribution >= 0.6 is 0 Å². The molecule has 0 saturated heterocycles. The lowest BCUT2D eigenvalue weighted by atomic mass is 10.1. The molecular formula is C18H21N3O2. The van der Waals surface area contributed by atoms with Crippen molar-refractivity contribution in [3.63, 3.8) is 0 Å². The number of carbonyl (C=O) groups excluding carboxylic acids is 1. The third-order valence-corrected chi connectivity index (χ3v) is 3.07. The van der Waals surface area contributed by atoms with E-state index in [4.69, 9.17) is 4.74 Å². The number of ether oxygens (including phenoxy) is 1. The van der Waals surface area contributed by atoms with E-state index in [0.29, 0.717) is 18.7 Å². The van der Waals surface area contributed by atoms with E-state index in [9.17, 15) is 4.79 Å². The first kappa shape index (κ1) is 16.7. The molecule has 5 heteroatoms. The summed E-state index contributed by atoms with van der Waals surface area (Å²) < 4.78 is 5.53. The van der Waals surface area contributed by atoms with Gasteiger partial charge < -0.3 is 4.74 Å². The molecule has 1 N–H and O–H groups in total. The molecule has 0 aliphatic rings. The Morgan fingerprint density at radius 3 is 2.87 bits per heavy atom. The van der Waals surface area contributed by atoms with Crippen LogP contribution in [0.1, 0.15) is 34.8 Å². The van der Waals surface area contributed by atoms with E-state index >= 15 is 0 Å². The summed E-state index contributed by atoms with van der Waals surface area (Å²) in [6, 6.07) is 11.4. The predicted octanol–water partition coefficient (Wildman–Crippen LogP) is 3.10. The second-order valence-corrected chi connectivity index (χ2v) is 5.15. The normalized spacial score (nSPS) is 11.1. The van der Waals surface area contributed by atoms with Crippen LogP contribution in [0, 0.1) is 6.92 Å². The van der Waals surface area contributed by atoms with E-state index in [1.807, 2.05) is 44.2 Å². The lowest BCUT2D eigenvalue weighted by Gasteiger charge is -2.10. The SMILES string of the molecule is CCCOC(=NCc1cccnc1)NC(=O)c1cccc(C)c1. The topological polar surface area (TPSA) is 63.6 Å². The lowest BCUT2D eigenvalue weighted by Crippen LogP contribution is -2.33. The molecule has 1 heterocycles. The number of amidine groups is 1. The molecule has 0 saturated carbocycles. The Hall–Kier alpha value is -2.69. The molecule has 0 bridgehead atoms. The van der Waals surface area contributed by atoms with E-state index in [1.165, 1.54) is 0 Å². The number of pyridine rings is 1. The average molecular weight is 311 g/mol. The Labute approximate surface area is 136 Å². The first-order valence-corrected chi connectivity index (χ1v) is 7.63. The van der Waals surface area contributed by atoms with Gasteiger partial charge >= 0.3 is 0 Å². The van der Waals surface area contributed by atoms with Gasteiger partial charge in [-0.15, -0.1) is 0 Å². The van der Waals surface area contributed by atoms with E-state index in [1.54, 1.807) is 18.5 Å². The minimum atomic E-state index is -0.227. The molecule has 0 atom stereocenters. The standard InChI is InChI=1S/C18H21N3O2/c1-3-10-23-18(20-13-15-7-5-9-19-12-15)21-17(22)16-8-4-6-14(2)11-16/h4-9,11-12H,3,10,13H2,1-2H3,(H,20,21,22). The third kappa shape index (κ3) is 5.54. The fourth-order valence-electron chi connectivity index (χ4n) is 1.93. The van der Waals surface area contributed by atoms with Crippen LogP contribution in [0.5, 0.6) is 0 Å². The number of aromatic nitrogens is 1. The maximum Gasteiger partial charge on any atom is 0.292 e. The molecule has 120 valence electrons. The van der Waals surface area contributed by atoms with Crippen molar-refractivity contribution in [2.75, 3.05) is 6.61 Å². The van der Waals surface area contributed by atoms with Gasteiger partial charge in [-0.25, -0.2) is 4.99 Å². The highest BCUT2D eigenvalue weighted by Gasteiger charge is 2.10. The summed E-state index contributed by atoms with van der Waals surface area (Å²) in [4.78, 5) is 20.7. The van der Waals surface area contributed by atoms with Gasteiger partial charge in [-0.05, 0) is 37.1 Å². The average Bonchev–Trinajstić information content (AvgIpc) is 2.58. The molecular weight excluding hydrogens is 290 g/mol. The second kappa shape index (κ2) is 8.68. The monoisotopic (exact) mass is 311 g/mol. The molecule has 1 aromatic carbocycles. The van der Waals surface area contributed by atoms with E-state index < -0.39 is 0 Å². The molecule has 0 aliphatic heterocycles. The van der Waals surface area contributed by atoms with E-state index in [2.05, 4.69) is 15.3 Å². The number of nitrogens with one attached hydrogen (secondary N) is 1. The van der Waals surface area contributed by atoms with Crippen molar-refractivity contribution >= 4 is 11.9 Å². The summed E-state index contributed by atoms with van der Waals surface area (Å²) in [6.45, 7) is 4.85. The van der Waals surface area contributed by atoms with Crippen molar-refractivity contribution in [2.45, 2.75) is 26.8 Å². The summed E-state index contributed by atoms with van der Waals surface area (Å²) in [5, 5.41) is 2.73. The van der Waals surface area contributed by atoms with Crippen LogP contribution in [-0.4, -0.2) is 23.5 Å². The molecule has 0 radical (unpaired) electrons. The Bertz CT molecular complexity index is 669. The number of nitrogens with zero attached hydrogens (tertiary/aromatic N) is 2. The third-order valence-electron chi connectivity index (χ3n) is 3.07. The first-order valence-electron chi connectivity index (χ1n) is 7.63. The van der Waals surface area contributed by atoms with Crippen molar-refractivity contribution in [2.24, 2.45) is 4.99 Å². The number of hydrogen-bond acceptors (Lipinski definition) is 4. The number of rotatable bonds is 5. The number of aryl methyl sites for hydroxylation is 1. The van der Waals surface area contributed by atoms with Crippen molar-refractivity contribution < 1.29 is 9.53 Å². The Morgan fingerprint density at radius 2 is 2.17 bits per heavy atom. The van der Waals surface area contributed by atoms with Crippen LogP contribution in [-0.2, 0) is 11.3 Å². The van der Waals surface area contributed by atoms with Gasteiger partial charge in [-0.3, -0.25) is 15.1 Å². The molecule has 0 aliphatic carbocycles. The fourth-order valence-corrected chi connectivity index (χ4v) is 1.93. The molecule has 0 spiro atoms. The molecule has 2 aromatic rings. The zero-order valence-corrected chi connectivity index (χ0v) is 13.5. The van der Waals surface area contributed by atoms with Gasteiger partial charge in [0.15, 0.2) is 0 Å². The van der Waals surface area contributed by atoms with Crippen LogP contribution < -0.4 is 5.32 Å². The van der Waals surface area contributed by atoms with Gasteiger partial charge in [0.2, 0.25) is 0 Å². The van der Waals surface area contributed by atoms with Gasteiger partial charge in [-0.1, -0.05) is 30.7 Å².